The lowest BCUT2D eigenvalue weighted by Gasteiger charge is -2.18. The molecule has 0 spiro atoms. The summed E-state index contributed by atoms with van der Waals surface area (Å²) in [6.45, 7) is 0. The second-order valence-corrected chi connectivity index (χ2v) is 6.49. The van der Waals surface area contributed by atoms with Gasteiger partial charge in [0.15, 0.2) is 5.82 Å². The van der Waals surface area contributed by atoms with E-state index in [2.05, 4.69) is 15.7 Å². The summed E-state index contributed by atoms with van der Waals surface area (Å²) in [6.07, 6.45) is 0. The smallest absolute Gasteiger partial charge is 0.340 e. The van der Waals surface area contributed by atoms with Gasteiger partial charge in [0.25, 0.3) is 0 Å². The minimum atomic E-state index is -0.268. The van der Waals surface area contributed by atoms with E-state index < -0.39 is 0 Å². The predicted octanol–water partition coefficient (Wildman–Crippen LogP) is 5.47. The number of benzene rings is 3. The fourth-order valence-corrected chi connectivity index (χ4v) is 2.92. The van der Waals surface area contributed by atoms with Gasteiger partial charge in [-0.05, 0) is 36.4 Å². The highest BCUT2D eigenvalue weighted by atomic mass is 16.2. The Bertz CT molecular complexity index is 1080. The van der Waals surface area contributed by atoms with E-state index in [0.717, 1.165) is 17.1 Å². The number of para-hydroxylation sites is 3. The molecule has 0 aliphatic heterocycles. The van der Waals surface area contributed by atoms with Gasteiger partial charge in [-0.25, -0.2) is 4.79 Å². The average Bonchev–Trinajstić information content (AvgIpc) is 3.16. The van der Waals surface area contributed by atoms with Crippen LogP contribution in [0.4, 0.5) is 33.5 Å². The zero-order chi connectivity index (χ0) is 20.1. The van der Waals surface area contributed by atoms with Gasteiger partial charge in [-0.3, -0.25) is 4.90 Å². The summed E-state index contributed by atoms with van der Waals surface area (Å²) in [7, 11) is 1.73. The second kappa shape index (κ2) is 8.31. The molecule has 3 aromatic carbocycles. The van der Waals surface area contributed by atoms with E-state index in [1.54, 1.807) is 11.9 Å². The van der Waals surface area contributed by atoms with Gasteiger partial charge in [0.2, 0.25) is 0 Å². The van der Waals surface area contributed by atoms with E-state index in [-0.39, 0.29) is 6.03 Å². The lowest BCUT2D eigenvalue weighted by atomic mass is 10.3. The van der Waals surface area contributed by atoms with Gasteiger partial charge in [-0.2, -0.15) is 4.68 Å². The number of nitrogens with one attached hydrogen (secondary N) is 2. The molecule has 144 valence electrons. The van der Waals surface area contributed by atoms with Crippen molar-refractivity contribution in [3.8, 4) is 0 Å². The highest BCUT2D eigenvalue weighted by Crippen LogP contribution is 2.24. The van der Waals surface area contributed by atoms with Crippen molar-refractivity contribution < 1.29 is 4.79 Å². The zero-order valence-electron chi connectivity index (χ0n) is 16.0. The van der Waals surface area contributed by atoms with Gasteiger partial charge in [0, 0.05) is 30.2 Å². The van der Waals surface area contributed by atoms with Crippen molar-refractivity contribution in [2.24, 2.45) is 0 Å². The number of anilines is 5. The summed E-state index contributed by atoms with van der Waals surface area (Å²) in [5.41, 5.74) is 2.55. The molecule has 4 rings (SSSR count). The fourth-order valence-electron chi connectivity index (χ4n) is 2.92. The maximum Gasteiger partial charge on any atom is 0.350 e. The van der Waals surface area contributed by atoms with E-state index in [9.17, 15) is 4.79 Å². The van der Waals surface area contributed by atoms with Crippen LogP contribution < -0.4 is 15.5 Å². The highest BCUT2D eigenvalue weighted by Gasteiger charge is 2.19. The maximum absolute atomic E-state index is 13.2. The predicted molar refractivity (Wildman–Crippen MR) is 117 cm³/mol. The van der Waals surface area contributed by atoms with Crippen LogP contribution in [0.1, 0.15) is 0 Å². The summed E-state index contributed by atoms with van der Waals surface area (Å²) < 4.78 is 1.37. The van der Waals surface area contributed by atoms with E-state index >= 15 is 0 Å². The second-order valence-electron chi connectivity index (χ2n) is 6.49. The Kier molecular flexibility index (Phi) is 5.25. The molecule has 0 radical (unpaired) electrons. The molecule has 1 aromatic heterocycles. The first-order valence-corrected chi connectivity index (χ1v) is 9.28. The number of rotatable bonds is 5. The van der Waals surface area contributed by atoms with Crippen LogP contribution >= 0.6 is 0 Å². The van der Waals surface area contributed by atoms with Crippen LogP contribution in [0, 0.1) is 0 Å². The van der Waals surface area contributed by atoms with Crippen LogP contribution in [-0.2, 0) is 0 Å². The molecule has 0 fully saturated rings. The Morgan fingerprint density at radius 2 is 1.31 bits per heavy atom. The Labute approximate surface area is 169 Å². The van der Waals surface area contributed by atoms with Crippen LogP contribution in [0.15, 0.2) is 97.1 Å². The number of carbonyl (C=O) groups excluding carboxylic acids is 1. The fraction of sp³-hybridized carbons (Fsp3) is 0.0435. The zero-order valence-corrected chi connectivity index (χ0v) is 16.0. The van der Waals surface area contributed by atoms with Crippen molar-refractivity contribution in [1.29, 1.82) is 0 Å². The molecule has 4 aromatic rings. The first-order valence-electron chi connectivity index (χ1n) is 9.28. The van der Waals surface area contributed by atoms with Crippen LogP contribution in [0.5, 0.6) is 0 Å². The van der Waals surface area contributed by atoms with Crippen molar-refractivity contribution in [2.75, 3.05) is 22.6 Å². The molecular weight excluding hydrogens is 362 g/mol. The Morgan fingerprint density at radius 1 is 0.793 bits per heavy atom. The monoisotopic (exact) mass is 383 g/mol. The summed E-state index contributed by atoms with van der Waals surface area (Å²) in [5, 5.41) is 11.0. The molecule has 29 heavy (non-hydrogen) atoms. The lowest BCUT2D eigenvalue weighted by Crippen LogP contribution is -2.32. The quantitative estimate of drug-likeness (QED) is 0.479. The Morgan fingerprint density at radius 3 is 1.90 bits per heavy atom. The van der Waals surface area contributed by atoms with Crippen LogP contribution in [0.2, 0.25) is 0 Å². The summed E-state index contributed by atoms with van der Waals surface area (Å²) in [4.78, 5) is 14.7. The minimum absolute atomic E-state index is 0.268. The van der Waals surface area contributed by atoms with Crippen molar-refractivity contribution in [1.82, 2.24) is 9.78 Å². The summed E-state index contributed by atoms with van der Waals surface area (Å²) in [6, 6.07) is 30.4. The number of amides is 1. The molecule has 1 amide bonds. The van der Waals surface area contributed by atoms with E-state index in [1.165, 1.54) is 4.68 Å². The molecule has 0 saturated heterocycles. The molecule has 0 aliphatic rings. The molecule has 2 N–H and O–H groups in total. The highest BCUT2D eigenvalue weighted by molar-refractivity contribution is 5.95. The van der Waals surface area contributed by atoms with Crippen LogP contribution in [0.3, 0.4) is 0 Å². The summed E-state index contributed by atoms with van der Waals surface area (Å²) in [5.74, 6) is 1.15. The first kappa shape index (κ1) is 18.3. The number of aromatic nitrogens is 2. The lowest BCUT2D eigenvalue weighted by molar-refractivity contribution is 0.247. The third kappa shape index (κ3) is 4.27. The molecular formula is C23H21N5O. The Hall–Kier alpha value is -4.06. The van der Waals surface area contributed by atoms with Crippen molar-refractivity contribution in [3.05, 3.63) is 97.1 Å². The van der Waals surface area contributed by atoms with Gasteiger partial charge in [0.1, 0.15) is 5.82 Å². The molecule has 6 heteroatoms. The molecule has 0 unspecified atom stereocenters. The van der Waals surface area contributed by atoms with Crippen molar-refractivity contribution in [3.63, 3.8) is 0 Å². The van der Waals surface area contributed by atoms with Crippen LogP contribution in [0.25, 0.3) is 0 Å². The van der Waals surface area contributed by atoms with Gasteiger partial charge in [-0.15, -0.1) is 5.10 Å². The van der Waals surface area contributed by atoms with Crippen molar-refractivity contribution >= 4 is 34.7 Å². The normalized spacial score (nSPS) is 10.4. The van der Waals surface area contributed by atoms with Gasteiger partial charge in [0.05, 0.1) is 0 Å². The Balaban J connectivity index is 1.67. The SMILES string of the molecule is CN(C(=O)n1nc(Nc2ccccc2)cc1Nc1ccccc1)c1ccccc1. The number of nitrogens with zero attached hydrogens (tertiary/aromatic N) is 3. The number of hydrogen-bond acceptors (Lipinski definition) is 4. The van der Waals surface area contributed by atoms with E-state index in [1.807, 2.05) is 97.1 Å². The molecule has 1 heterocycles. The van der Waals surface area contributed by atoms with Crippen molar-refractivity contribution in [2.45, 2.75) is 0 Å². The first-order chi connectivity index (χ1) is 14.2. The van der Waals surface area contributed by atoms with E-state index in [4.69, 9.17) is 0 Å². The van der Waals surface area contributed by atoms with E-state index in [0.29, 0.717) is 11.6 Å². The average molecular weight is 383 g/mol. The molecule has 0 saturated carbocycles. The third-order valence-corrected chi connectivity index (χ3v) is 4.41. The molecule has 0 aliphatic carbocycles. The number of hydrogen-bond donors (Lipinski definition) is 2. The van der Waals surface area contributed by atoms with Gasteiger partial charge >= 0.3 is 6.03 Å². The topological polar surface area (TPSA) is 62.2 Å². The standard InChI is InChI=1S/C23H21N5O/c1-27(20-15-9-4-10-16-20)23(29)28-22(25-19-13-7-3-8-14-19)17-21(26-28)24-18-11-5-2-6-12-18/h2-17,25H,1H3,(H,24,26). The molecule has 6 nitrogen and oxygen atoms in total. The minimum Gasteiger partial charge on any atom is -0.340 e. The van der Waals surface area contributed by atoms with Crippen LogP contribution in [-0.4, -0.2) is 22.9 Å². The molecule has 0 bridgehead atoms. The maximum atomic E-state index is 13.2. The van der Waals surface area contributed by atoms with Gasteiger partial charge < -0.3 is 10.6 Å². The molecule has 0 atom stereocenters. The largest absolute Gasteiger partial charge is 0.350 e. The van der Waals surface area contributed by atoms with Gasteiger partial charge in [-0.1, -0.05) is 54.6 Å². The summed E-state index contributed by atoms with van der Waals surface area (Å²) >= 11 is 0. The third-order valence-electron chi connectivity index (χ3n) is 4.41. The number of carbonyl (C=O) groups is 1.